The molecule has 0 aromatic heterocycles. The van der Waals surface area contributed by atoms with Crippen molar-refractivity contribution < 1.29 is 27.9 Å². The predicted molar refractivity (Wildman–Crippen MR) is 84.0 cm³/mol. The molecule has 2 aliphatic carbocycles. The molecule has 4 nitrogen and oxygen atoms in total. The summed E-state index contributed by atoms with van der Waals surface area (Å²) in [6.07, 6.45) is -2.09. The van der Waals surface area contributed by atoms with E-state index in [1.54, 1.807) is 0 Å². The van der Waals surface area contributed by atoms with Crippen LogP contribution < -0.4 is 5.32 Å². The van der Waals surface area contributed by atoms with Gasteiger partial charge in [0, 0.05) is 11.4 Å². The van der Waals surface area contributed by atoms with Crippen molar-refractivity contribution in [3.05, 3.63) is 34.3 Å². The molecule has 8 heteroatoms. The number of carbonyl (C=O) groups is 2. The molecule has 0 unspecified atom stereocenters. The Morgan fingerprint density at radius 2 is 1.84 bits per heavy atom. The van der Waals surface area contributed by atoms with Crippen LogP contribution in [0.2, 0.25) is 5.02 Å². The molecule has 0 atom stereocenters. The molecule has 1 amide bonds. The number of halogens is 4. The Kier molecular flexibility index (Phi) is 4.26. The van der Waals surface area contributed by atoms with E-state index in [2.05, 4.69) is 5.32 Å². The summed E-state index contributed by atoms with van der Waals surface area (Å²) in [5.41, 5.74) is -2.57. The van der Waals surface area contributed by atoms with Crippen molar-refractivity contribution in [2.24, 2.45) is 5.41 Å². The molecule has 2 saturated carbocycles. The van der Waals surface area contributed by atoms with Gasteiger partial charge in [-0.25, -0.2) is 0 Å². The smallest absolute Gasteiger partial charge is 0.416 e. The Labute approximate surface area is 147 Å². The first-order valence-corrected chi connectivity index (χ1v) is 8.38. The molecule has 0 heterocycles. The van der Waals surface area contributed by atoms with E-state index in [1.807, 2.05) is 0 Å². The second-order valence-corrected chi connectivity index (χ2v) is 7.35. The number of rotatable bonds is 5. The number of benzene rings is 1. The van der Waals surface area contributed by atoms with Gasteiger partial charge in [-0.1, -0.05) is 18.0 Å². The Balaban J connectivity index is 1.79. The number of hydrogen-bond acceptors (Lipinski definition) is 2. The average molecular weight is 376 g/mol. The van der Waals surface area contributed by atoms with E-state index in [4.69, 9.17) is 11.6 Å². The van der Waals surface area contributed by atoms with Crippen LogP contribution in [0.15, 0.2) is 18.2 Å². The van der Waals surface area contributed by atoms with Crippen LogP contribution in [0.5, 0.6) is 0 Å². The van der Waals surface area contributed by atoms with Crippen molar-refractivity contribution in [2.45, 2.75) is 50.2 Å². The van der Waals surface area contributed by atoms with Gasteiger partial charge in [0.1, 0.15) is 0 Å². The molecule has 3 rings (SSSR count). The van der Waals surface area contributed by atoms with Crippen LogP contribution in [0.3, 0.4) is 0 Å². The second kappa shape index (κ2) is 5.90. The Hall–Kier alpha value is -1.76. The molecule has 136 valence electrons. The molecular weight excluding hydrogens is 359 g/mol. The summed E-state index contributed by atoms with van der Waals surface area (Å²) in [6.45, 7) is 0. The highest BCUT2D eigenvalue weighted by atomic mass is 35.5. The van der Waals surface area contributed by atoms with Gasteiger partial charge in [-0.15, -0.1) is 0 Å². The highest BCUT2D eigenvalue weighted by Crippen LogP contribution is 2.50. The van der Waals surface area contributed by atoms with E-state index in [0.29, 0.717) is 25.7 Å². The first-order chi connectivity index (χ1) is 11.6. The van der Waals surface area contributed by atoms with Gasteiger partial charge in [-0.3, -0.25) is 9.59 Å². The van der Waals surface area contributed by atoms with Gasteiger partial charge in [0.25, 0.3) is 0 Å². The summed E-state index contributed by atoms with van der Waals surface area (Å²) in [7, 11) is 0. The van der Waals surface area contributed by atoms with Crippen LogP contribution in [-0.2, 0) is 21.3 Å². The Morgan fingerprint density at radius 3 is 2.28 bits per heavy atom. The molecule has 2 N–H and O–H groups in total. The number of carboxylic acid groups (broad SMARTS) is 1. The highest BCUT2D eigenvalue weighted by Gasteiger charge is 2.51. The number of hydrogen-bond donors (Lipinski definition) is 2. The molecular formula is C17H17ClF3NO3. The van der Waals surface area contributed by atoms with Crippen molar-refractivity contribution in [1.82, 2.24) is 5.32 Å². The number of alkyl halides is 3. The van der Waals surface area contributed by atoms with Crippen LogP contribution in [0.25, 0.3) is 0 Å². The number of carboxylic acids is 1. The summed E-state index contributed by atoms with van der Waals surface area (Å²) >= 11 is 6.06. The molecule has 2 fully saturated rings. The minimum atomic E-state index is -4.50. The van der Waals surface area contributed by atoms with E-state index in [0.717, 1.165) is 18.6 Å². The van der Waals surface area contributed by atoms with Crippen LogP contribution in [0, 0.1) is 5.41 Å². The maximum absolute atomic E-state index is 12.9. The zero-order valence-electron chi connectivity index (χ0n) is 13.3. The fourth-order valence-corrected chi connectivity index (χ4v) is 3.64. The number of amides is 1. The van der Waals surface area contributed by atoms with Crippen molar-refractivity contribution in [3.8, 4) is 0 Å². The van der Waals surface area contributed by atoms with E-state index in [-0.39, 0.29) is 17.0 Å². The van der Waals surface area contributed by atoms with Gasteiger partial charge in [0.05, 0.1) is 16.5 Å². The van der Waals surface area contributed by atoms with E-state index in [9.17, 15) is 27.9 Å². The third kappa shape index (κ3) is 3.34. The quantitative estimate of drug-likeness (QED) is 0.814. The molecule has 1 aromatic carbocycles. The van der Waals surface area contributed by atoms with Crippen molar-refractivity contribution in [2.75, 3.05) is 0 Å². The van der Waals surface area contributed by atoms with Crippen LogP contribution >= 0.6 is 11.6 Å². The molecule has 25 heavy (non-hydrogen) atoms. The van der Waals surface area contributed by atoms with Gasteiger partial charge in [0.15, 0.2) is 0 Å². The Morgan fingerprint density at radius 1 is 1.20 bits per heavy atom. The summed E-state index contributed by atoms with van der Waals surface area (Å²) in [5.74, 6) is -1.47. The third-order valence-corrected chi connectivity index (χ3v) is 5.53. The fourth-order valence-electron chi connectivity index (χ4n) is 3.34. The molecule has 0 radical (unpaired) electrons. The lowest BCUT2D eigenvalue weighted by Crippen LogP contribution is -2.45. The topological polar surface area (TPSA) is 66.4 Å². The lowest BCUT2D eigenvalue weighted by atomic mass is 9.66. The summed E-state index contributed by atoms with van der Waals surface area (Å²) in [5, 5.41) is 12.2. The summed E-state index contributed by atoms with van der Waals surface area (Å²) in [6, 6.07) is 3.04. The van der Waals surface area contributed by atoms with Gasteiger partial charge >= 0.3 is 12.1 Å². The highest BCUT2D eigenvalue weighted by molar-refractivity contribution is 6.31. The third-order valence-electron chi connectivity index (χ3n) is 5.20. The van der Waals surface area contributed by atoms with Gasteiger partial charge < -0.3 is 10.4 Å². The average Bonchev–Trinajstić information content (AvgIpc) is 3.22. The maximum Gasteiger partial charge on any atom is 0.416 e. The van der Waals surface area contributed by atoms with Crippen LogP contribution in [0.1, 0.15) is 49.7 Å². The lowest BCUT2D eigenvalue weighted by Gasteiger charge is -2.37. The van der Waals surface area contributed by atoms with Crippen LogP contribution in [-0.4, -0.2) is 17.0 Å². The van der Waals surface area contributed by atoms with Crippen molar-refractivity contribution in [1.29, 1.82) is 0 Å². The summed E-state index contributed by atoms with van der Waals surface area (Å²) < 4.78 is 38.8. The molecule has 1 aromatic rings. The van der Waals surface area contributed by atoms with Gasteiger partial charge in [-0.05, 0) is 49.4 Å². The molecule has 0 saturated heterocycles. The van der Waals surface area contributed by atoms with Crippen LogP contribution in [0.4, 0.5) is 13.2 Å². The zero-order valence-corrected chi connectivity index (χ0v) is 14.0. The van der Waals surface area contributed by atoms with E-state index >= 15 is 0 Å². The minimum absolute atomic E-state index is 0.155. The lowest BCUT2D eigenvalue weighted by molar-refractivity contribution is -0.157. The number of aliphatic carboxylic acids is 1. The minimum Gasteiger partial charge on any atom is -0.481 e. The first-order valence-electron chi connectivity index (χ1n) is 8.00. The number of carbonyl (C=O) groups excluding carboxylic acids is 1. The maximum atomic E-state index is 12.9. The monoisotopic (exact) mass is 375 g/mol. The van der Waals surface area contributed by atoms with E-state index < -0.39 is 34.6 Å². The van der Waals surface area contributed by atoms with Crippen molar-refractivity contribution in [3.63, 3.8) is 0 Å². The van der Waals surface area contributed by atoms with Gasteiger partial charge in [0.2, 0.25) is 5.91 Å². The molecule has 0 aliphatic heterocycles. The van der Waals surface area contributed by atoms with Crippen molar-refractivity contribution >= 4 is 23.5 Å². The molecule has 0 spiro atoms. The molecule has 0 bridgehead atoms. The first kappa shape index (κ1) is 18.0. The normalized spacial score (nSPS) is 20.5. The standard InChI is InChI=1S/C17H17ClF3NO3/c18-12-3-2-10(17(19,20)21)8-11(12)16(6-7-16)22-13(23)9-15(14(24)25)4-1-5-15/h2-3,8H,1,4-7,9H2,(H,22,23)(H,24,25). The predicted octanol–water partition coefficient (Wildman–Crippen LogP) is 4.11. The molecule has 2 aliphatic rings. The van der Waals surface area contributed by atoms with E-state index in [1.165, 1.54) is 6.07 Å². The van der Waals surface area contributed by atoms with Gasteiger partial charge in [-0.2, -0.15) is 13.2 Å². The second-order valence-electron chi connectivity index (χ2n) is 6.94. The Bertz CT molecular complexity index is 724. The fraction of sp³-hybridized carbons (Fsp3) is 0.529. The number of nitrogens with one attached hydrogen (secondary N) is 1. The summed E-state index contributed by atoms with van der Waals surface area (Å²) in [4.78, 5) is 23.7. The zero-order chi connectivity index (χ0) is 18.5. The largest absolute Gasteiger partial charge is 0.481 e. The SMILES string of the molecule is O=C(CC1(C(=O)O)CCC1)NC1(c2cc(C(F)(F)F)ccc2Cl)CC1.